The zero-order valence-corrected chi connectivity index (χ0v) is 9.36. The lowest BCUT2D eigenvalue weighted by atomic mass is 10.3. The number of esters is 1. The van der Waals surface area contributed by atoms with Gasteiger partial charge in [0.2, 0.25) is 0 Å². The van der Waals surface area contributed by atoms with Crippen molar-refractivity contribution in [1.82, 2.24) is 0 Å². The minimum absolute atomic E-state index is 0.0988. The van der Waals surface area contributed by atoms with Gasteiger partial charge in [0.05, 0.1) is 0 Å². The van der Waals surface area contributed by atoms with Gasteiger partial charge in [0.15, 0.2) is 18.3 Å². The predicted octanol–water partition coefficient (Wildman–Crippen LogP) is 2.15. The summed E-state index contributed by atoms with van der Waals surface area (Å²) in [7, 11) is 1.52. The molecule has 1 aromatic carbocycles. The fourth-order valence-electron chi connectivity index (χ4n) is 0.963. The normalized spacial score (nSPS) is 9.62. The SMILES string of the molecule is C=C(C)C(=O)Oc1ccccc1OCOC. The van der Waals surface area contributed by atoms with Crippen molar-refractivity contribution < 1.29 is 19.0 Å². The molecule has 0 saturated heterocycles. The van der Waals surface area contributed by atoms with Crippen LogP contribution in [0.5, 0.6) is 11.5 Å². The van der Waals surface area contributed by atoms with Gasteiger partial charge in [-0.2, -0.15) is 0 Å². The van der Waals surface area contributed by atoms with Gasteiger partial charge < -0.3 is 14.2 Å². The van der Waals surface area contributed by atoms with Crippen LogP contribution in [0.25, 0.3) is 0 Å². The minimum atomic E-state index is -0.478. The highest BCUT2D eigenvalue weighted by molar-refractivity contribution is 5.89. The maximum atomic E-state index is 11.3. The second-order valence-corrected chi connectivity index (χ2v) is 3.17. The topological polar surface area (TPSA) is 44.8 Å². The maximum Gasteiger partial charge on any atom is 0.338 e. The molecule has 16 heavy (non-hydrogen) atoms. The highest BCUT2D eigenvalue weighted by Gasteiger charge is 2.09. The molecular formula is C12H14O4. The molecule has 0 saturated carbocycles. The Morgan fingerprint density at radius 1 is 1.31 bits per heavy atom. The molecule has 0 amide bonds. The molecule has 1 rings (SSSR count). The number of hydrogen-bond acceptors (Lipinski definition) is 4. The van der Waals surface area contributed by atoms with E-state index in [1.54, 1.807) is 31.2 Å². The van der Waals surface area contributed by atoms with Crippen molar-refractivity contribution in [2.45, 2.75) is 6.92 Å². The van der Waals surface area contributed by atoms with Crippen molar-refractivity contribution in [3.8, 4) is 11.5 Å². The summed E-state index contributed by atoms with van der Waals surface area (Å²) in [6.45, 7) is 5.19. The number of benzene rings is 1. The molecule has 0 aromatic heterocycles. The van der Waals surface area contributed by atoms with Crippen molar-refractivity contribution in [1.29, 1.82) is 0 Å². The molecule has 4 nitrogen and oxygen atoms in total. The van der Waals surface area contributed by atoms with E-state index in [-0.39, 0.29) is 6.79 Å². The fourth-order valence-corrected chi connectivity index (χ4v) is 0.963. The molecule has 0 aliphatic heterocycles. The van der Waals surface area contributed by atoms with Crippen molar-refractivity contribution >= 4 is 5.97 Å². The second-order valence-electron chi connectivity index (χ2n) is 3.17. The van der Waals surface area contributed by atoms with E-state index in [2.05, 4.69) is 6.58 Å². The first kappa shape index (κ1) is 12.3. The van der Waals surface area contributed by atoms with Crippen LogP contribution in [0.15, 0.2) is 36.4 Å². The van der Waals surface area contributed by atoms with Crippen LogP contribution >= 0.6 is 0 Å². The summed E-state index contributed by atoms with van der Waals surface area (Å²) >= 11 is 0. The summed E-state index contributed by atoms with van der Waals surface area (Å²) in [6, 6.07) is 6.87. The van der Waals surface area contributed by atoms with Crippen LogP contribution < -0.4 is 9.47 Å². The van der Waals surface area contributed by atoms with Crippen LogP contribution in [0.4, 0.5) is 0 Å². The highest BCUT2D eigenvalue weighted by atomic mass is 16.7. The zero-order valence-electron chi connectivity index (χ0n) is 9.36. The molecule has 0 spiro atoms. The molecule has 4 heteroatoms. The number of methoxy groups -OCH3 is 1. The lowest BCUT2D eigenvalue weighted by Crippen LogP contribution is -2.10. The largest absolute Gasteiger partial charge is 0.464 e. The van der Waals surface area contributed by atoms with Gasteiger partial charge in [0.1, 0.15) is 0 Å². The third kappa shape index (κ3) is 3.40. The standard InChI is InChI=1S/C12H14O4/c1-9(2)12(13)16-11-7-5-4-6-10(11)15-8-14-3/h4-7H,1,8H2,2-3H3. The van der Waals surface area contributed by atoms with E-state index < -0.39 is 5.97 Å². The van der Waals surface area contributed by atoms with Gasteiger partial charge in [0, 0.05) is 12.7 Å². The van der Waals surface area contributed by atoms with E-state index in [0.29, 0.717) is 17.1 Å². The van der Waals surface area contributed by atoms with E-state index in [1.165, 1.54) is 7.11 Å². The Labute approximate surface area is 94.4 Å². The molecule has 0 unspecified atom stereocenters. The van der Waals surface area contributed by atoms with Gasteiger partial charge in [0.25, 0.3) is 0 Å². The van der Waals surface area contributed by atoms with Crippen LogP contribution in [0.2, 0.25) is 0 Å². The summed E-state index contributed by atoms with van der Waals surface area (Å²) in [4.78, 5) is 11.3. The van der Waals surface area contributed by atoms with Gasteiger partial charge in [-0.15, -0.1) is 0 Å². The van der Waals surface area contributed by atoms with Gasteiger partial charge >= 0.3 is 5.97 Å². The first-order valence-electron chi connectivity index (χ1n) is 4.73. The van der Waals surface area contributed by atoms with Crippen molar-refractivity contribution in [2.75, 3.05) is 13.9 Å². The van der Waals surface area contributed by atoms with Crippen LogP contribution in [0.3, 0.4) is 0 Å². The van der Waals surface area contributed by atoms with Gasteiger partial charge in [-0.1, -0.05) is 18.7 Å². The molecule has 0 heterocycles. The highest BCUT2D eigenvalue weighted by Crippen LogP contribution is 2.26. The molecule has 0 fully saturated rings. The van der Waals surface area contributed by atoms with E-state index in [1.807, 2.05) is 0 Å². The quantitative estimate of drug-likeness (QED) is 0.331. The Morgan fingerprint density at radius 2 is 1.94 bits per heavy atom. The fraction of sp³-hybridized carbons (Fsp3) is 0.250. The number of carbonyl (C=O) groups is 1. The van der Waals surface area contributed by atoms with Gasteiger partial charge in [-0.3, -0.25) is 0 Å². The van der Waals surface area contributed by atoms with E-state index in [0.717, 1.165) is 0 Å². The Morgan fingerprint density at radius 3 is 2.50 bits per heavy atom. The Balaban J connectivity index is 2.78. The number of carbonyl (C=O) groups excluding carboxylic acids is 1. The zero-order chi connectivity index (χ0) is 12.0. The number of ether oxygens (including phenoxy) is 3. The third-order valence-corrected chi connectivity index (χ3v) is 1.73. The summed E-state index contributed by atoms with van der Waals surface area (Å²) in [5.74, 6) is 0.333. The summed E-state index contributed by atoms with van der Waals surface area (Å²) < 4.78 is 15.1. The van der Waals surface area contributed by atoms with Crippen molar-refractivity contribution in [3.05, 3.63) is 36.4 Å². The van der Waals surface area contributed by atoms with Crippen LogP contribution in [0, 0.1) is 0 Å². The van der Waals surface area contributed by atoms with Crippen LogP contribution in [-0.4, -0.2) is 19.9 Å². The third-order valence-electron chi connectivity index (χ3n) is 1.73. The van der Waals surface area contributed by atoms with Crippen molar-refractivity contribution in [3.63, 3.8) is 0 Å². The molecular weight excluding hydrogens is 208 g/mol. The predicted molar refractivity (Wildman–Crippen MR) is 59.4 cm³/mol. The summed E-state index contributed by atoms with van der Waals surface area (Å²) in [6.07, 6.45) is 0. The number of hydrogen-bond donors (Lipinski definition) is 0. The van der Waals surface area contributed by atoms with Crippen LogP contribution in [-0.2, 0) is 9.53 Å². The minimum Gasteiger partial charge on any atom is -0.464 e. The molecule has 0 aliphatic rings. The monoisotopic (exact) mass is 222 g/mol. The second kappa shape index (κ2) is 5.92. The summed E-state index contributed by atoms with van der Waals surface area (Å²) in [5.41, 5.74) is 0.335. The molecule has 0 radical (unpaired) electrons. The average molecular weight is 222 g/mol. The number of rotatable bonds is 5. The Kier molecular flexibility index (Phi) is 4.54. The van der Waals surface area contributed by atoms with E-state index in [9.17, 15) is 4.79 Å². The first-order chi connectivity index (χ1) is 7.65. The molecule has 0 N–H and O–H groups in total. The van der Waals surface area contributed by atoms with E-state index >= 15 is 0 Å². The first-order valence-corrected chi connectivity index (χ1v) is 4.73. The number of para-hydroxylation sites is 2. The molecule has 0 bridgehead atoms. The van der Waals surface area contributed by atoms with Crippen LogP contribution in [0.1, 0.15) is 6.92 Å². The molecule has 0 atom stereocenters. The Bertz CT molecular complexity index is 384. The summed E-state index contributed by atoms with van der Waals surface area (Å²) in [5, 5.41) is 0. The molecule has 1 aromatic rings. The maximum absolute atomic E-state index is 11.3. The lowest BCUT2D eigenvalue weighted by Gasteiger charge is -2.10. The smallest absolute Gasteiger partial charge is 0.338 e. The average Bonchev–Trinajstić information content (AvgIpc) is 2.27. The Hall–Kier alpha value is -1.81. The van der Waals surface area contributed by atoms with Crippen molar-refractivity contribution in [2.24, 2.45) is 0 Å². The van der Waals surface area contributed by atoms with E-state index in [4.69, 9.17) is 14.2 Å². The molecule has 86 valence electrons. The van der Waals surface area contributed by atoms with Gasteiger partial charge in [-0.05, 0) is 19.1 Å². The molecule has 0 aliphatic carbocycles. The van der Waals surface area contributed by atoms with Gasteiger partial charge in [-0.25, -0.2) is 4.79 Å². The lowest BCUT2D eigenvalue weighted by molar-refractivity contribution is -0.130.